The molecule has 1 aliphatic rings. The molecule has 9 nitrogen and oxygen atoms in total. The third-order valence-electron chi connectivity index (χ3n) is 6.62. The van der Waals surface area contributed by atoms with Crippen molar-refractivity contribution in [1.29, 1.82) is 0 Å². The number of nitrogens with one attached hydrogen (secondary N) is 2. The standard InChI is InChI=1S/C30H28N4O5S/c1-18-15-21(10-11-22(18)32-26(35)17-37-2)34-28(27(33-30(34)40)23-9-4-5-14-31-23)25-13-12-24(39-25)19-7-6-8-20(16-19)29(36)38-3/h4-16,27-28H,17H2,1-3H3,(H,32,35)(H,33,40). The highest BCUT2D eigenvalue weighted by molar-refractivity contribution is 7.80. The van der Waals surface area contributed by atoms with Gasteiger partial charge in [0.05, 0.1) is 24.4 Å². The summed E-state index contributed by atoms with van der Waals surface area (Å²) in [4.78, 5) is 30.7. The van der Waals surface area contributed by atoms with Gasteiger partial charge in [-0.2, -0.15) is 0 Å². The molecule has 4 aromatic rings. The van der Waals surface area contributed by atoms with Crippen molar-refractivity contribution in [2.45, 2.75) is 19.0 Å². The van der Waals surface area contributed by atoms with Crippen LogP contribution in [0.3, 0.4) is 0 Å². The molecule has 2 unspecified atom stereocenters. The highest BCUT2D eigenvalue weighted by atomic mass is 32.1. The quantitative estimate of drug-likeness (QED) is 0.224. The molecular weight excluding hydrogens is 528 g/mol. The van der Waals surface area contributed by atoms with E-state index in [1.807, 2.05) is 66.4 Å². The highest BCUT2D eigenvalue weighted by Gasteiger charge is 2.42. The van der Waals surface area contributed by atoms with Crippen molar-refractivity contribution in [1.82, 2.24) is 10.3 Å². The molecule has 204 valence electrons. The number of esters is 1. The van der Waals surface area contributed by atoms with Crippen LogP contribution in [0.5, 0.6) is 0 Å². The van der Waals surface area contributed by atoms with Crippen LogP contribution in [0.25, 0.3) is 11.3 Å². The number of carbonyl (C=O) groups excluding carboxylic acids is 2. The Labute approximate surface area is 237 Å². The zero-order valence-electron chi connectivity index (χ0n) is 22.2. The van der Waals surface area contributed by atoms with Crippen LogP contribution in [0.4, 0.5) is 11.4 Å². The maximum absolute atomic E-state index is 12.1. The van der Waals surface area contributed by atoms with Crippen LogP contribution in [-0.4, -0.2) is 42.8 Å². The number of hydrogen-bond acceptors (Lipinski definition) is 7. The van der Waals surface area contributed by atoms with Gasteiger partial charge < -0.3 is 29.4 Å². The number of amides is 1. The van der Waals surface area contributed by atoms with Gasteiger partial charge in [-0.15, -0.1) is 0 Å². The number of benzene rings is 2. The molecule has 10 heteroatoms. The lowest BCUT2D eigenvalue weighted by atomic mass is 10.0. The van der Waals surface area contributed by atoms with Crippen molar-refractivity contribution in [3.63, 3.8) is 0 Å². The van der Waals surface area contributed by atoms with Gasteiger partial charge in [0.15, 0.2) is 5.11 Å². The average Bonchev–Trinajstić information content (AvgIpc) is 3.59. The molecule has 1 saturated heterocycles. The first-order chi connectivity index (χ1) is 19.4. The van der Waals surface area contributed by atoms with Gasteiger partial charge in [0, 0.05) is 30.2 Å². The fourth-order valence-electron chi connectivity index (χ4n) is 4.76. The Morgan fingerprint density at radius 1 is 1.07 bits per heavy atom. The number of hydrogen-bond donors (Lipinski definition) is 2. The number of aryl methyl sites for hydroxylation is 1. The van der Waals surface area contributed by atoms with Crippen molar-refractivity contribution in [2.75, 3.05) is 31.0 Å². The van der Waals surface area contributed by atoms with Crippen LogP contribution in [-0.2, 0) is 14.3 Å². The normalized spacial score (nSPS) is 16.5. The second-order valence-electron chi connectivity index (χ2n) is 9.25. The van der Waals surface area contributed by atoms with E-state index >= 15 is 0 Å². The first-order valence-corrected chi connectivity index (χ1v) is 13.0. The summed E-state index contributed by atoms with van der Waals surface area (Å²) in [6.45, 7) is 1.89. The van der Waals surface area contributed by atoms with Crippen molar-refractivity contribution < 1.29 is 23.5 Å². The maximum atomic E-state index is 12.1. The summed E-state index contributed by atoms with van der Waals surface area (Å²) in [6.07, 6.45) is 1.74. The topological polar surface area (TPSA) is 106 Å². The molecular formula is C30H28N4O5S. The van der Waals surface area contributed by atoms with Gasteiger partial charge in [-0.1, -0.05) is 18.2 Å². The molecule has 5 rings (SSSR count). The van der Waals surface area contributed by atoms with E-state index in [9.17, 15) is 9.59 Å². The lowest BCUT2D eigenvalue weighted by Crippen LogP contribution is -2.29. The van der Waals surface area contributed by atoms with Crippen molar-refractivity contribution >= 4 is 40.6 Å². The monoisotopic (exact) mass is 556 g/mol. The van der Waals surface area contributed by atoms with E-state index in [0.717, 1.165) is 22.5 Å². The molecule has 0 spiro atoms. The predicted molar refractivity (Wildman–Crippen MR) is 155 cm³/mol. The summed E-state index contributed by atoms with van der Waals surface area (Å²) in [7, 11) is 2.83. The Bertz CT molecular complexity index is 1550. The average molecular weight is 557 g/mol. The molecule has 0 bridgehead atoms. The minimum Gasteiger partial charge on any atom is -0.465 e. The van der Waals surface area contributed by atoms with Crippen LogP contribution >= 0.6 is 12.2 Å². The number of rotatable bonds is 8. The van der Waals surface area contributed by atoms with Gasteiger partial charge in [0.25, 0.3) is 0 Å². The first-order valence-electron chi connectivity index (χ1n) is 12.6. The van der Waals surface area contributed by atoms with E-state index in [4.69, 9.17) is 26.1 Å². The fourth-order valence-corrected chi connectivity index (χ4v) is 5.11. The molecule has 2 aromatic carbocycles. The van der Waals surface area contributed by atoms with Gasteiger partial charge >= 0.3 is 5.97 Å². The number of methoxy groups -OCH3 is 2. The second-order valence-corrected chi connectivity index (χ2v) is 9.64. The van der Waals surface area contributed by atoms with E-state index in [0.29, 0.717) is 27.9 Å². The van der Waals surface area contributed by atoms with E-state index in [1.54, 1.807) is 24.4 Å². The largest absolute Gasteiger partial charge is 0.465 e. The number of furan rings is 1. The van der Waals surface area contributed by atoms with Gasteiger partial charge in [-0.25, -0.2) is 4.79 Å². The van der Waals surface area contributed by atoms with E-state index in [1.165, 1.54) is 14.2 Å². The summed E-state index contributed by atoms with van der Waals surface area (Å²) in [5.74, 6) is 0.615. The molecule has 2 atom stereocenters. The van der Waals surface area contributed by atoms with E-state index in [-0.39, 0.29) is 24.6 Å². The molecule has 0 saturated carbocycles. The smallest absolute Gasteiger partial charge is 0.337 e. The molecule has 1 fully saturated rings. The minimum atomic E-state index is -0.419. The van der Waals surface area contributed by atoms with Crippen molar-refractivity contribution in [3.8, 4) is 11.3 Å². The van der Waals surface area contributed by atoms with Crippen LogP contribution < -0.4 is 15.5 Å². The lowest BCUT2D eigenvalue weighted by molar-refractivity contribution is -0.119. The van der Waals surface area contributed by atoms with Crippen LogP contribution in [0.1, 0.15) is 39.5 Å². The first kappa shape index (κ1) is 27.0. The molecule has 40 heavy (non-hydrogen) atoms. The summed E-state index contributed by atoms with van der Waals surface area (Å²) < 4.78 is 16.2. The Kier molecular flexibility index (Phi) is 7.90. The third-order valence-corrected chi connectivity index (χ3v) is 6.94. The van der Waals surface area contributed by atoms with Crippen LogP contribution in [0.2, 0.25) is 0 Å². The number of aromatic nitrogens is 1. The third kappa shape index (κ3) is 5.45. The van der Waals surface area contributed by atoms with Crippen molar-refractivity contribution in [2.24, 2.45) is 0 Å². The van der Waals surface area contributed by atoms with Gasteiger partial charge in [0.2, 0.25) is 5.91 Å². The van der Waals surface area contributed by atoms with E-state index < -0.39 is 5.97 Å². The zero-order valence-corrected chi connectivity index (χ0v) is 23.0. The molecule has 2 aromatic heterocycles. The highest BCUT2D eigenvalue weighted by Crippen LogP contribution is 2.43. The number of ether oxygens (including phenoxy) is 2. The number of carbonyl (C=O) groups is 2. The number of anilines is 2. The Morgan fingerprint density at radius 3 is 2.65 bits per heavy atom. The summed E-state index contributed by atoms with van der Waals surface area (Å²) in [5.41, 5.74) is 4.37. The SMILES string of the molecule is COCC(=O)Nc1ccc(N2C(=S)NC(c3ccccn3)C2c2ccc(-c3cccc(C(=O)OC)c3)o2)cc1C. The zero-order chi connectivity index (χ0) is 28.2. The molecule has 3 heterocycles. The van der Waals surface area contributed by atoms with Crippen LogP contribution in [0, 0.1) is 6.92 Å². The molecule has 0 aliphatic carbocycles. The molecule has 2 N–H and O–H groups in total. The van der Waals surface area contributed by atoms with Gasteiger partial charge in [0.1, 0.15) is 24.2 Å². The molecule has 1 aliphatic heterocycles. The summed E-state index contributed by atoms with van der Waals surface area (Å²) in [6, 6.07) is 21.7. The van der Waals surface area contributed by atoms with Gasteiger partial charge in [-0.05, 0) is 79.3 Å². The fraction of sp³-hybridized carbons (Fsp3) is 0.200. The maximum Gasteiger partial charge on any atom is 0.337 e. The Morgan fingerprint density at radius 2 is 1.93 bits per heavy atom. The Balaban J connectivity index is 1.53. The molecule has 1 amide bonds. The summed E-state index contributed by atoms with van der Waals surface area (Å²) >= 11 is 5.82. The number of nitrogens with zero attached hydrogens (tertiary/aromatic N) is 2. The number of pyridine rings is 1. The predicted octanol–water partition coefficient (Wildman–Crippen LogP) is 5.20. The Hall–Kier alpha value is -4.54. The molecule has 0 radical (unpaired) electrons. The lowest BCUT2D eigenvalue weighted by Gasteiger charge is -2.26. The minimum absolute atomic E-state index is 0.0293. The second kappa shape index (κ2) is 11.7. The van der Waals surface area contributed by atoms with E-state index in [2.05, 4.69) is 15.6 Å². The van der Waals surface area contributed by atoms with Crippen LogP contribution in [0.15, 0.2) is 83.4 Å². The summed E-state index contributed by atoms with van der Waals surface area (Å²) in [5, 5.41) is 6.80. The van der Waals surface area contributed by atoms with Gasteiger partial charge in [-0.3, -0.25) is 9.78 Å². The number of thiocarbonyl (C=S) groups is 1. The van der Waals surface area contributed by atoms with Crippen molar-refractivity contribution in [3.05, 3.63) is 102 Å².